The lowest BCUT2D eigenvalue weighted by molar-refractivity contribution is 0.400. The molecule has 0 fully saturated rings. The molecule has 0 amide bonds. The van der Waals surface area contributed by atoms with Crippen molar-refractivity contribution in [2.45, 2.75) is 0 Å². The minimum Gasteiger partial charge on any atom is -0.472 e. The summed E-state index contributed by atoms with van der Waals surface area (Å²) in [5.74, 6) is 1.82. The molecule has 44 valence electrons. The Morgan fingerprint density at radius 2 is 1.88 bits per heavy atom. The van der Waals surface area contributed by atoms with Crippen LogP contribution in [0.15, 0.2) is 24.2 Å². The van der Waals surface area contributed by atoms with Gasteiger partial charge in [-0.3, -0.25) is 4.57 Å². The predicted molar refractivity (Wildman–Crippen MR) is 28.1 cm³/mol. The van der Waals surface area contributed by atoms with Gasteiger partial charge in [0.1, 0.15) is 0 Å². The van der Waals surface area contributed by atoms with Gasteiger partial charge >= 0.3 is 0 Å². The second kappa shape index (κ2) is 1.75. The summed E-state index contributed by atoms with van der Waals surface area (Å²) in [6, 6.07) is 0. The Kier molecular flexibility index (Phi) is 1.22. The number of halogens is 1. The van der Waals surface area contributed by atoms with E-state index < -0.39 is 7.45 Å². The summed E-state index contributed by atoms with van der Waals surface area (Å²) < 4.78 is 26.9. The van der Waals surface area contributed by atoms with Crippen LogP contribution in [0.25, 0.3) is 0 Å². The fourth-order valence-corrected chi connectivity index (χ4v) is 0.903. The quantitative estimate of drug-likeness (QED) is 0.474. The van der Waals surface area contributed by atoms with E-state index in [-0.39, 0.29) is 0 Å². The minimum atomic E-state index is -3.57. The third-order valence-corrected chi connectivity index (χ3v) is 1.74. The SMILES string of the molecule is O=P1(F)C=COC=C1. The Bertz CT molecular complexity index is 168. The van der Waals surface area contributed by atoms with Crippen molar-refractivity contribution in [2.75, 3.05) is 0 Å². The number of rotatable bonds is 0. The Morgan fingerprint density at radius 1 is 1.38 bits per heavy atom. The summed E-state index contributed by atoms with van der Waals surface area (Å²) in [4.78, 5) is 0. The lowest BCUT2D eigenvalue weighted by Gasteiger charge is -1.99. The molecule has 8 heavy (non-hydrogen) atoms. The van der Waals surface area contributed by atoms with Crippen molar-refractivity contribution < 1.29 is 13.5 Å². The zero-order chi connectivity index (χ0) is 6.04. The molecule has 0 radical (unpaired) electrons. The highest BCUT2D eigenvalue weighted by Gasteiger charge is 2.13. The molecule has 0 saturated heterocycles. The van der Waals surface area contributed by atoms with Crippen molar-refractivity contribution in [1.82, 2.24) is 0 Å². The summed E-state index contributed by atoms with van der Waals surface area (Å²) in [6.07, 6.45) is 2.14. The summed E-state index contributed by atoms with van der Waals surface area (Å²) in [7, 11) is -3.57. The largest absolute Gasteiger partial charge is 0.472 e. The van der Waals surface area contributed by atoms with Crippen LogP contribution in [0.3, 0.4) is 0 Å². The van der Waals surface area contributed by atoms with Crippen LogP contribution < -0.4 is 0 Å². The van der Waals surface area contributed by atoms with Gasteiger partial charge in [-0.25, -0.2) is 0 Å². The maximum absolute atomic E-state index is 12.2. The molecule has 1 rings (SSSR count). The highest BCUT2D eigenvalue weighted by Crippen LogP contribution is 2.51. The lowest BCUT2D eigenvalue weighted by atomic mass is 11.0. The third-order valence-electron chi connectivity index (χ3n) is 0.685. The van der Waals surface area contributed by atoms with Crippen molar-refractivity contribution in [2.24, 2.45) is 0 Å². The standard InChI is InChI=1S/C4H4FO2P/c5-8(6)3-1-7-2-4-8/h1-4H. The zero-order valence-corrected chi connectivity index (χ0v) is 4.85. The van der Waals surface area contributed by atoms with Gasteiger partial charge in [0.05, 0.1) is 12.5 Å². The van der Waals surface area contributed by atoms with Crippen LogP contribution in [-0.4, -0.2) is 0 Å². The molecule has 0 bridgehead atoms. The summed E-state index contributed by atoms with van der Waals surface area (Å²) in [6.45, 7) is 0. The molecular weight excluding hydrogens is 130 g/mol. The Hall–Kier alpha value is -0.560. The van der Waals surface area contributed by atoms with Gasteiger partial charge in [-0.2, -0.15) is 4.20 Å². The highest BCUT2D eigenvalue weighted by molar-refractivity contribution is 7.65. The average molecular weight is 134 g/mol. The molecule has 1 heterocycles. The summed E-state index contributed by atoms with van der Waals surface area (Å²) >= 11 is 0. The molecule has 0 aromatic heterocycles. The Labute approximate surface area is 46.1 Å². The van der Waals surface area contributed by atoms with Crippen LogP contribution in [-0.2, 0) is 9.30 Å². The van der Waals surface area contributed by atoms with Crippen molar-refractivity contribution >= 4 is 7.45 Å². The number of hydrogen-bond acceptors (Lipinski definition) is 2. The van der Waals surface area contributed by atoms with E-state index in [9.17, 15) is 8.76 Å². The Balaban J connectivity index is 2.85. The van der Waals surface area contributed by atoms with E-state index in [1.54, 1.807) is 0 Å². The van der Waals surface area contributed by atoms with Crippen LogP contribution in [0.2, 0.25) is 0 Å². The zero-order valence-electron chi connectivity index (χ0n) is 3.95. The van der Waals surface area contributed by atoms with Crippen LogP contribution in [0, 0.1) is 0 Å². The van der Waals surface area contributed by atoms with E-state index in [0.29, 0.717) is 0 Å². The molecule has 0 spiro atoms. The van der Waals surface area contributed by atoms with Gasteiger partial charge in [0.15, 0.2) is 0 Å². The minimum absolute atomic E-state index is 0.910. The first-order chi connectivity index (χ1) is 3.71. The van der Waals surface area contributed by atoms with Crippen molar-refractivity contribution in [3.05, 3.63) is 24.2 Å². The van der Waals surface area contributed by atoms with E-state index in [0.717, 1.165) is 24.2 Å². The fraction of sp³-hybridized carbons (Fsp3) is 0. The fourth-order valence-electron chi connectivity index (χ4n) is 0.331. The van der Waals surface area contributed by atoms with E-state index >= 15 is 0 Å². The molecule has 1 aliphatic heterocycles. The molecule has 2 nitrogen and oxygen atoms in total. The molecule has 0 aromatic carbocycles. The van der Waals surface area contributed by atoms with Crippen molar-refractivity contribution in [3.63, 3.8) is 0 Å². The van der Waals surface area contributed by atoms with Gasteiger partial charge in [0.2, 0.25) is 0 Å². The molecule has 0 aliphatic carbocycles. The predicted octanol–water partition coefficient (Wildman–Crippen LogP) is 2.21. The van der Waals surface area contributed by atoms with E-state index in [1.807, 2.05) is 0 Å². The maximum Gasteiger partial charge on any atom is 0.292 e. The average Bonchev–Trinajstić information content (AvgIpc) is 1.65. The van der Waals surface area contributed by atoms with E-state index in [1.165, 1.54) is 0 Å². The highest BCUT2D eigenvalue weighted by atomic mass is 31.2. The smallest absolute Gasteiger partial charge is 0.292 e. The van der Waals surface area contributed by atoms with Gasteiger partial charge in [0.25, 0.3) is 7.45 Å². The molecule has 1 aliphatic rings. The molecule has 0 saturated carbocycles. The van der Waals surface area contributed by atoms with Gasteiger partial charge in [0, 0.05) is 11.6 Å². The number of hydrogen-bond donors (Lipinski definition) is 0. The normalized spacial score (nSPS) is 22.6. The topological polar surface area (TPSA) is 26.3 Å². The molecule has 0 unspecified atom stereocenters. The van der Waals surface area contributed by atoms with Crippen LogP contribution in [0.1, 0.15) is 0 Å². The molecule has 0 N–H and O–H groups in total. The van der Waals surface area contributed by atoms with Gasteiger partial charge in [-0.1, -0.05) is 0 Å². The van der Waals surface area contributed by atoms with E-state index in [4.69, 9.17) is 0 Å². The molecule has 0 atom stereocenters. The van der Waals surface area contributed by atoms with E-state index in [2.05, 4.69) is 4.74 Å². The summed E-state index contributed by atoms with van der Waals surface area (Å²) in [5, 5.41) is 0. The first kappa shape index (κ1) is 5.57. The van der Waals surface area contributed by atoms with Gasteiger partial charge in [-0.15, -0.1) is 0 Å². The second-order valence-corrected chi connectivity index (χ2v) is 3.17. The molecular formula is C4H4FO2P. The second-order valence-electron chi connectivity index (χ2n) is 1.33. The maximum atomic E-state index is 12.2. The van der Waals surface area contributed by atoms with Crippen molar-refractivity contribution in [3.8, 4) is 0 Å². The monoisotopic (exact) mass is 134 g/mol. The first-order valence-electron chi connectivity index (χ1n) is 2.01. The molecule has 0 aromatic rings. The van der Waals surface area contributed by atoms with Gasteiger partial charge in [-0.05, 0) is 0 Å². The Morgan fingerprint density at radius 3 is 2.12 bits per heavy atom. The van der Waals surface area contributed by atoms with Crippen LogP contribution in [0.5, 0.6) is 0 Å². The lowest BCUT2D eigenvalue weighted by Crippen LogP contribution is -1.72. The van der Waals surface area contributed by atoms with Gasteiger partial charge < -0.3 is 4.74 Å². The molecule has 4 heteroatoms. The third kappa shape index (κ3) is 1.20. The number of ether oxygens (including phenoxy) is 1. The van der Waals surface area contributed by atoms with Crippen LogP contribution >= 0.6 is 7.45 Å². The summed E-state index contributed by atoms with van der Waals surface area (Å²) in [5.41, 5.74) is 0. The van der Waals surface area contributed by atoms with Crippen molar-refractivity contribution in [1.29, 1.82) is 0 Å². The first-order valence-corrected chi connectivity index (χ1v) is 3.74. The van der Waals surface area contributed by atoms with Crippen LogP contribution in [0.4, 0.5) is 4.20 Å².